The van der Waals surface area contributed by atoms with Crippen molar-refractivity contribution in [2.75, 3.05) is 0 Å². The minimum absolute atomic E-state index is 0.430. The number of rotatable bonds is 2. The summed E-state index contributed by atoms with van der Waals surface area (Å²) in [4.78, 5) is 0. The molecule has 1 aromatic carbocycles. The molecule has 2 aromatic rings. The van der Waals surface area contributed by atoms with E-state index in [0.717, 1.165) is 6.42 Å². The molecule has 2 nitrogen and oxygen atoms in total. The number of nitrogens with zero attached hydrogens (tertiary/aromatic N) is 2. The van der Waals surface area contributed by atoms with Gasteiger partial charge < -0.3 is 0 Å². The number of fused-ring (bicyclic) bond motifs is 1. The van der Waals surface area contributed by atoms with Crippen LogP contribution in [0.1, 0.15) is 32.4 Å². The SMILES string of the molecule is CCc1ccc2cnn(C(C)C)c2c1. The Hall–Kier alpha value is -1.31. The molecule has 0 aliphatic carbocycles. The predicted octanol–water partition coefficient (Wildman–Crippen LogP) is 3.18. The zero-order chi connectivity index (χ0) is 10.1. The number of aromatic nitrogens is 2. The van der Waals surface area contributed by atoms with Crippen molar-refractivity contribution in [3.05, 3.63) is 30.0 Å². The zero-order valence-electron chi connectivity index (χ0n) is 8.99. The lowest BCUT2D eigenvalue weighted by Gasteiger charge is -2.07. The van der Waals surface area contributed by atoms with Gasteiger partial charge in [-0.3, -0.25) is 4.68 Å². The van der Waals surface area contributed by atoms with Crippen LogP contribution in [0.2, 0.25) is 0 Å². The number of aryl methyl sites for hydroxylation is 1. The third-order valence-corrected chi connectivity index (χ3v) is 2.56. The summed E-state index contributed by atoms with van der Waals surface area (Å²) in [6.45, 7) is 6.49. The van der Waals surface area contributed by atoms with E-state index < -0.39 is 0 Å². The van der Waals surface area contributed by atoms with Gasteiger partial charge >= 0.3 is 0 Å². The van der Waals surface area contributed by atoms with E-state index >= 15 is 0 Å². The first-order chi connectivity index (χ1) is 6.72. The molecule has 0 saturated heterocycles. The van der Waals surface area contributed by atoms with E-state index in [2.05, 4.69) is 48.8 Å². The Labute approximate surface area is 84.5 Å². The second-order valence-corrected chi connectivity index (χ2v) is 3.93. The predicted molar refractivity (Wildman–Crippen MR) is 59.5 cm³/mol. The van der Waals surface area contributed by atoms with Gasteiger partial charge in [0.15, 0.2) is 0 Å². The van der Waals surface area contributed by atoms with Crippen molar-refractivity contribution >= 4 is 10.9 Å². The molecule has 0 atom stereocenters. The molecule has 0 saturated carbocycles. The van der Waals surface area contributed by atoms with Crippen LogP contribution in [0.25, 0.3) is 10.9 Å². The van der Waals surface area contributed by atoms with E-state index in [4.69, 9.17) is 0 Å². The third kappa shape index (κ3) is 1.41. The van der Waals surface area contributed by atoms with E-state index in [1.165, 1.54) is 16.5 Å². The van der Waals surface area contributed by atoms with Crippen LogP contribution in [0.4, 0.5) is 0 Å². The lowest BCUT2D eigenvalue weighted by Crippen LogP contribution is -2.02. The Kier molecular flexibility index (Phi) is 2.28. The normalized spacial score (nSPS) is 11.4. The molecule has 2 rings (SSSR count). The molecule has 0 unspecified atom stereocenters. The van der Waals surface area contributed by atoms with Gasteiger partial charge in [0, 0.05) is 11.4 Å². The van der Waals surface area contributed by atoms with E-state index in [9.17, 15) is 0 Å². The van der Waals surface area contributed by atoms with E-state index in [1.54, 1.807) is 0 Å². The lowest BCUT2D eigenvalue weighted by molar-refractivity contribution is 0.551. The highest BCUT2D eigenvalue weighted by atomic mass is 15.3. The first-order valence-electron chi connectivity index (χ1n) is 5.18. The summed E-state index contributed by atoms with van der Waals surface area (Å²) in [5.74, 6) is 0. The van der Waals surface area contributed by atoms with Crippen LogP contribution >= 0.6 is 0 Å². The van der Waals surface area contributed by atoms with Gasteiger partial charge in [0.2, 0.25) is 0 Å². The molecule has 0 amide bonds. The Balaban J connectivity index is 2.63. The summed E-state index contributed by atoms with van der Waals surface area (Å²) in [6, 6.07) is 7.00. The van der Waals surface area contributed by atoms with Gasteiger partial charge in [-0.1, -0.05) is 19.1 Å². The molecule has 74 valence electrons. The average Bonchev–Trinajstić information content (AvgIpc) is 2.59. The summed E-state index contributed by atoms with van der Waals surface area (Å²) in [6.07, 6.45) is 3.02. The van der Waals surface area contributed by atoms with Crippen molar-refractivity contribution in [2.24, 2.45) is 0 Å². The quantitative estimate of drug-likeness (QED) is 0.707. The molecule has 2 heteroatoms. The van der Waals surface area contributed by atoms with Crippen molar-refractivity contribution in [3.8, 4) is 0 Å². The topological polar surface area (TPSA) is 17.8 Å². The largest absolute Gasteiger partial charge is 0.262 e. The fourth-order valence-corrected chi connectivity index (χ4v) is 1.71. The van der Waals surface area contributed by atoms with Crippen LogP contribution in [0.15, 0.2) is 24.4 Å². The molecule has 0 aliphatic rings. The molecule has 0 radical (unpaired) electrons. The highest BCUT2D eigenvalue weighted by Gasteiger charge is 2.05. The average molecular weight is 188 g/mol. The molecular weight excluding hydrogens is 172 g/mol. The van der Waals surface area contributed by atoms with Gasteiger partial charge in [-0.05, 0) is 31.9 Å². The number of benzene rings is 1. The minimum Gasteiger partial charge on any atom is -0.262 e. The maximum absolute atomic E-state index is 4.39. The molecule has 14 heavy (non-hydrogen) atoms. The first kappa shape index (κ1) is 9.25. The Morgan fingerprint density at radius 2 is 2.14 bits per heavy atom. The fraction of sp³-hybridized carbons (Fsp3) is 0.417. The fourth-order valence-electron chi connectivity index (χ4n) is 1.71. The molecule has 1 aromatic heterocycles. The Morgan fingerprint density at radius 3 is 2.79 bits per heavy atom. The maximum atomic E-state index is 4.39. The van der Waals surface area contributed by atoms with Gasteiger partial charge in [0.25, 0.3) is 0 Å². The van der Waals surface area contributed by atoms with E-state index in [1.807, 2.05) is 6.20 Å². The second kappa shape index (κ2) is 3.45. The molecular formula is C12H16N2. The third-order valence-electron chi connectivity index (χ3n) is 2.56. The van der Waals surface area contributed by atoms with Crippen LogP contribution in [0, 0.1) is 0 Å². The summed E-state index contributed by atoms with van der Waals surface area (Å²) in [5.41, 5.74) is 2.62. The van der Waals surface area contributed by atoms with E-state index in [-0.39, 0.29) is 0 Å². The summed E-state index contributed by atoms with van der Waals surface area (Å²) in [7, 11) is 0. The van der Waals surface area contributed by atoms with Gasteiger partial charge in [-0.25, -0.2) is 0 Å². The van der Waals surface area contributed by atoms with Gasteiger partial charge in [-0.15, -0.1) is 0 Å². The van der Waals surface area contributed by atoms with Crippen molar-refractivity contribution < 1.29 is 0 Å². The summed E-state index contributed by atoms with van der Waals surface area (Å²) >= 11 is 0. The van der Waals surface area contributed by atoms with Gasteiger partial charge in [0.1, 0.15) is 0 Å². The van der Waals surface area contributed by atoms with Crippen molar-refractivity contribution in [2.45, 2.75) is 33.2 Å². The molecule has 1 heterocycles. The molecule has 0 N–H and O–H groups in total. The highest BCUT2D eigenvalue weighted by molar-refractivity contribution is 5.79. The zero-order valence-corrected chi connectivity index (χ0v) is 8.99. The van der Waals surface area contributed by atoms with Crippen molar-refractivity contribution in [1.82, 2.24) is 9.78 Å². The monoisotopic (exact) mass is 188 g/mol. The minimum atomic E-state index is 0.430. The lowest BCUT2D eigenvalue weighted by atomic mass is 10.1. The highest BCUT2D eigenvalue weighted by Crippen LogP contribution is 2.19. The summed E-state index contributed by atoms with van der Waals surface area (Å²) in [5, 5.41) is 5.62. The Bertz CT molecular complexity index is 441. The number of hydrogen-bond donors (Lipinski definition) is 0. The van der Waals surface area contributed by atoms with Crippen LogP contribution < -0.4 is 0 Å². The van der Waals surface area contributed by atoms with Crippen LogP contribution in [-0.4, -0.2) is 9.78 Å². The van der Waals surface area contributed by atoms with Crippen LogP contribution in [-0.2, 0) is 6.42 Å². The standard InChI is InChI=1S/C12H16N2/c1-4-10-5-6-11-8-13-14(9(2)3)12(11)7-10/h5-9H,4H2,1-3H3. The maximum Gasteiger partial charge on any atom is 0.0688 e. The van der Waals surface area contributed by atoms with Crippen molar-refractivity contribution in [3.63, 3.8) is 0 Å². The Morgan fingerprint density at radius 1 is 1.36 bits per heavy atom. The van der Waals surface area contributed by atoms with Crippen LogP contribution in [0.5, 0.6) is 0 Å². The summed E-state index contributed by atoms with van der Waals surface area (Å²) < 4.78 is 2.08. The molecule has 0 bridgehead atoms. The van der Waals surface area contributed by atoms with Crippen molar-refractivity contribution in [1.29, 1.82) is 0 Å². The van der Waals surface area contributed by atoms with Gasteiger partial charge in [-0.2, -0.15) is 5.10 Å². The first-order valence-corrected chi connectivity index (χ1v) is 5.18. The smallest absolute Gasteiger partial charge is 0.0688 e. The van der Waals surface area contributed by atoms with Gasteiger partial charge in [0.05, 0.1) is 11.7 Å². The molecule has 0 spiro atoms. The number of hydrogen-bond acceptors (Lipinski definition) is 1. The molecule has 0 aliphatic heterocycles. The second-order valence-electron chi connectivity index (χ2n) is 3.93. The van der Waals surface area contributed by atoms with Crippen LogP contribution in [0.3, 0.4) is 0 Å². The molecule has 0 fully saturated rings. The van der Waals surface area contributed by atoms with E-state index in [0.29, 0.717) is 6.04 Å².